The second kappa shape index (κ2) is 7.31. The molecule has 0 saturated heterocycles. The topological polar surface area (TPSA) is 62.5 Å². The maximum Gasteiger partial charge on any atom is 0.216 e. The highest BCUT2D eigenvalue weighted by atomic mass is 16.4. The van der Waals surface area contributed by atoms with Gasteiger partial charge in [-0.15, -0.1) is 0 Å². The molecular weight excluding hydrogens is 252 g/mol. The molecule has 0 aliphatic heterocycles. The Labute approximate surface area is 121 Å². The Morgan fingerprint density at radius 3 is 2.75 bits per heavy atom. The van der Waals surface area contributed by atoms with E-state index in [0.29, 0.717) is 12.4 Å². The van der Waals surface area contributed by atoms with Crippen LogP contribution in [0.1, 0.15) is 50.0 Å². The molecule has 112 valence electrons. The van der Waals surface area contributed by atoms with E-state index in [9.17, 15) is 0 Å². The van der Waals surface area contributed by atoms with Crippen molar-refractivity contribution in [1.29, 1.82) is 0 Å². The van der Waals surface area contributed by atoms with Gasteiger partial charge in [-0.1, -0.05) is 12.8 Å². The summed E-state index contributed by atoms with van der Waals surface area (Å²) in [6, 6.07) is 0. The van der Waals surface area contributed by atoms with Crippen molar-refractivity contribution in [1.82, 2.24) is 15.6 Å². The van der Waals surface area contributed by atoms with Crippen molar-refractivity contribution >= 4 is 5.96 Å². The molecule has 0 bridgehead atoms. The molecule has 1 aromatic rings. The second-order valence-electron chi connectivity index (χ2n) is 5.46. The van der Waals surface area contributed by atoms with Crippen molar-refractivity contribution in [2.45, 2.75) is 53.0 Å². The van der Waals surface area contributed by atoms with Crippen LogP contribution in [-0.2, 0) is 6.54 Å². The van der Waals surface area contributed by atoms with Crippen molar-refractivity contribution in [3.8, 4) is 0 Å². The molecule has 0 aromatic carbocycles. The SMILES string of the molecule is CCNC(=NCc1nc(C)c(C)o1)NCCCC1CC1. The van der Waals surface area contributed by atoms with Crippen molar-refractivity contribution in [3.63, 3.8) is 0 Å². The van der Waals surface area contributed by atoms with E-state index in [1.807, 2.05) is 13.8 Å². The van der Waals surface area contributed by atoms with Gasteiger partial charge in [0.15, 0.2) is 5.96 Å². The molecule has 0 atom stereocenters. The van der Waals surface area contributed by atoms with Crippen LogP contribution in [0.25, 0.3) is 0 Å². The van der Waals surface area contributed by atoms with E-state index >= 15 is 0 Å². The van der Waals surface area contributed by atoms with E-state index in [1.165, 1.54) is 25.7 Å². The van der Waals surface area contributed by atoms with E-state index < -0.39 is 0 Å². The number of rotatable bonds is 7. The number of hydrogen-bond donors (Lipinski definition) is 2. The van der Waals surface area contributed by atoms with E-state index in [-0.39, 0.29) is 0 Å². The minimum absolute atomic E-state index is 0.479. The van der Waals surface area contributed by atoms with Crippen LogP contribution in [0.4, 0.5) is 0 Å². The summed E-state index contributed by atoms with van der Waals surface area (Å²) in [6.07, 6.45) is 5.41. The maximum atomic E-state index is 5.53. The van der Waals surface area contributed by atoms with Crippen LogP contribution in [0, 0.1) is 19.8 Å². The zero-order valence-electron chi connectivity index (χ0n) is 12.8. The molecule has 0 radical (unpaired) electrons. The molecule has 20 heavy (non-hydrogen) atoms. The summed E-state index contributed by atoms with van der Waals surface area (Å²) in [5, 5.41) is 6.61. The van der Waals surface area contributed by atoms with E-state index in [4.69, 9.17) is 4.42 Å². The van der Waals surface area contributed by atoms with Crippen LogP contribution in [0.15, 0.2) is 9.41 Å². The van der Waals surface area contributed by atoms with Crippen LogP contribution in [0.2, 0.25) is 0 Å². The number of oxazole rings is 1. The summed E-state index contributed by atoms with van der Waals surface area (Å²) >= 11 is 0. The second-order valence-corrected chi connectivity index (χ2v) is 5.46. The lowest BCUT2D eigenvalue weighted by molar-refractivity contribution is 0.472. The molecule has 5 heteroatoms. The van der Waals surface area contributed by atoms with Gasteiger partial charge in [-0.05, 0) is 39.5 Å². The molecule has 1 aliphatic rings. The molecule has 1 heterocycles. The van der Waals surface area contributed by atoms with Crippen molar-refractivity contribution < 1.29 is 4.42 Å². The fourth-order valence-electron chi connectivity index (χ4n) is 2.10. The summed E-state index contributed by atoms with van der Waals surface area (Å²) in [5.74, 6) is 3.39. The van der Waals surface area contributed by atoms with Gasteiger partial charge in [-0.3, -0.25) is 0 Å². The smallest absolute Gasteiger partial charge is 0.216 e. The van der Waals surface area contributed by atoms with Crippen LogP contribution in [-0.4, -0.2) is 24.0 Å². The first-order valence-corrected chi connectivity index (χ1v) is 7.64. The monoisotopic (exact) mass is 278 g/mol. The molecular formula is C15H26N4O. The fourth-order valence-corrected chi connectivity index (χ4v) is 2.10. The van der Waals surface area contributed by atoms with E-state index in [0.717, 1.165) is 36.4 Å². The zero-order valence-corrected chi connectivity index (χ0v) is 12.8. The third kappa shape index (κ3) is 4.87. The van der Waals surface area contributed by atoms with Gasteiger partial charge in [0.1, 0.15) is 12.3 Å². The van der Waals surface area contributed by atoms with Gasteiger partial charge < -0.3 is 15.1 Å². The van der Waals surface area contributed by atoms with Gasteiger partial charge in [0, 0.05) is 13.1 Å². The van der Waals surface area contributed by atoms with Crippen molar-refractivity contribution in [3.05, 3.63) is 17.3 Å². The quantitative estimate of drug-likeness (QED) is 0.457. The predicted molar refractivity (Wildman–Crippen MR) is 80.8 cm³/mol. The van der Waals surface area contributed by atoms with Crippen LogP contribution in [0.3, 0.4) is 0 Å². The first-order chi connectivity index (χ1) is 9.69. The molecule has 5 nitrogen and oxygen atoms in total. The van der Waals surface area contributed by atoms with Gasteiger partial charge in [0.2, 0.25) is 5.89 Å². The fraction of sp³-hybridized carbons (Fsp3) is 0.733. The van der Waals surface area contributed by atoms with Crippen molar-refractivity contribution in [2.24, 2.45) is 10.9 Å². The number of hydrogen-bond acceptors (Lipinski definition) is 3. The standard InChI is InChI=1S/C15H26N4O/c1-4-16-15(17-9-5-6-13-7-8-13)18-10-14-19-11(2)12(3)20-14/h13H,4-10H2,1-3H3,(H2,16,17,18). The molecule has 0 spiro atoms. The number of guanidine groups is 1. The van der Waals surface area contributed by atoms with Gasteiger partial charge in [-0.2, -0.15) is 0 Å². The molecule has 1 fully saturated rings. The summed E-state index contributed by atoms with van der Waals surface area (Å²) in [5.41, 5.74) is 0.942. The Kier molecular flexibility index (Phi) is 5.44. The molecule has 0 amide bonds. The molecule has 1 saturated carbocycles. The molecule has 2 N–H and O–H groups in total. The Bertz CT molecular complexity index is 429. The predicted octanol–water partition coefficient (Wildman–Crippen LogP) is 2.54. The van der Waals surface area contributed by atoms with E-state index in [2.05, 4.69) is 27.5 Å². The van der Waals surface area contributed by atoms with Gasteiger partial charge >= 0.3 is 0 Å². The normalized spacial score (nSPS) is 15.4. The van der Waals surface area contributed by atoms with Crippen LogP contribution < -0.4 is 10.6 Å². The highest BCUT2D eigenvalue weighted by molar-refractivity contribution is 5.79. The zero-order chi connectivity index (χ0) is 14.4. The highest BCUT2D eigenvalue weighted by Crippen LogP contribution is 2.33. The van der Waals surface area contributed by atoms with Gasteiger partial charge in [0.25, 0.3) is 0 Å². The molecule has 0 unspecified atom stereocenters. The number of aryl methyl sites for hydroxylation is 2. The first kappa shape index (κ1) is 14.9. The third-order valence-corrected chi connectivity index (χ3v) is 3.57. The van der Waals surface area contributed by atoms with Gasteiger partial charge in [0.05, 0.1) is 5.69 Å². The Hall–Kier alpha value is -1.52. The summed E-state index contributed by atoms with van der Waals surface area (Å²) in [7, 11) is 0. The summed E-state index contributed by atoms with van der Waals surface area (Å²) < 4.78 is 5.53. The number of nitrogens with one attached hydrogen (secondary N) is 2. The largest absolute Gasteiger partial charge is 0.444 e. The molecule has 2 rings (SSSR count). The lowest BCUT2D eigenvalue weighted by Gasteiger charge is -2.10. The highest BCUT2D eigenvalue weighted by Gasteiger charge is 2.19. The minimum Gasteiger partial charge on any atom is -0.444 e. The Balaban J connectivity index is 1.77. The number of nitrogens with zero attached hydrogens (tertiary/aromatic N) is 2. The number of aromatic nitrogens is 1. The van der Waals surface area contributed by atoms with Crippen LogP contribution >= 0.6 is 0 Å². The maximum absolute atomic E-state index is 5.53. The Morgan fingerprint density at radius 2 is 2.15 bits per heavy atom. The number of aliphatic imine (C=N–C) groups is 1. The summed E-state index contributed by atoms with van der Waals surface area (Å²) in [4.78, 5) is 8.85. The average molecular weight is 278 g/mol. The van der Waals surface area contributed by atoms with E-state index in [1.54, 1.807) is 0 Å². The van der Waals surface area contributed by atoms with Gasteiger partial charge in [-0.25, -0.2) is 9.98 Å². The first-order valence-electron chi connectivity index (χ1n) is 7.64. The molecule has 1 aliphatic carbocycles. The lowest BCUT2D eigenvalue weighted by atomic mass is 10.2. The average Bonchev–Trinajstić information content (AvgIpc) is 3.18. The lowest BCUT2D eigenvalue weighted by Crippen LogP contribution is -2.37. The Morgan fingerprint density at radius 1 is 1.35 bits per heavy atom. The molecule has 1 aromatic heterocycles. The minimum atomic E-state index is 0.479. The van der Waals surface area contributed by atoms with Crippen LogP contribution in [0.5, 0.6) is 0 Å². The third-order valence-electron chi connectivity index (χ3n) is 3.57. The van der Waals surface area contributed by atoms with Crippen molar-refractivity contribution in [2.75, 3.05) is 13.1 Å². The summed E-state index contributed by atoms with van der Waals surface area (Å²) in [6.45, 7) is 8.27.